The first-order chi connectivity index (χ1) is 27.5. The average molecular weight is 790 g/mol. The summed E-state index contributed by atoms with van der Waals surface area (Å²) in [5, 5.41) is 25.4. The van der Waals surface area contributed by atoms with Crippen LogP contribution in [-0.2, 0) is 25.6 Å². The maximum atomic E-state index is 13.4. The summed E-state index contributed by atoms with van der Waals surface area (Å²) in [5.41, 5.74) is 14.4. The Bertz CT molecular complexity index is 2190. The number of nitriles is 2. The third-order valence-corrected chi connectivity index (χ3v) is 12.2. The molecule has 2 fully saturated rings. The van der Waals surface area contributed by atoms with Crippen molar-refractivity contribution in [2.45, 2.75) is 74.6 Å². The smallest absolute Gasteiger partial charge is 0.264 e. The number of rotatable bonds is 15. The molecule has 6 amide bonds. The molecule has 6 N–H and O–H groups in total. The lowest BCUT2D eigenvalue weighted by atomic mass is 9.80. The van der Waals surface area contributed by atoms with Gasteiger partial charge in [0.15, 0.2) is 0 Å². The highest BCUT2D eigenvalue weighted by atomic mass is 32.2. The number of hydrogen-bond donors (Lipinski definition) is 4. The zero-order valence-corrected chi connectivity index (χ0v) is 32.3. The van der Waals surface area contributed by atoms with Gasteiger partial charge in [0.1, 0.15) is 34.3 Å². The van der Waals surface area contributed by atoms with Gasteiger partial charge in [-0.25, -0.2) is 4.98 Å². The molecule has 4 heterocycles. The second kappa shape index (κ2) is 17.7. The van der Waals surface area contributed by atoms with Gasteiger partial charge < -0.3 is 21.7 Å². The van der Waals surface area contributed by atoms with E-state index >= 15 is 0 Å². The molecule has 1 aromatic heterocycles. The Kier molecular flexibility index (Phi) is 12.5. The van der Waals surface area contributed by atoms with Gasteiger partial charge in [-0.1, -0.05) is 61.5 Å². The van der Waals surface area contributed by atoms with Crippen molar-refractivity contribution in [1.82, 2.24) is 15.2 Å². The van der Waals surface area contributed by atoms with E-state index < -0.39 is 46.7 Å². The van der Waals surface area contributed by atoms with Crippen LogP contribution in [0.3, 0.4) is 0 Å². The van der Waals surface area contributed by atoms with Crippen LogP contribution in [0.1, 0.15) is 100 Å². The monoisotopic (exact) mass is 789 g/mol. The molecule has 3 aliphatic rings. The van der Waals surface area contributed by atoms with Gasteiger partial charge in [0.25, 0.3) is 11.8 Å². The summed E-state index contributed by atoms with van der Waals surface area (Å²) in [6, 6.07) is 17.3. The molecule has 3 unspecified atom stereocenters. The van der Waals surface area contributed by atoms with Crippen molar-refractivity contribution in [2.24, 2.45) is 23.3 Å². The van der Waals surface area contributed by atoms with E-state index in [4.69, 9.17) is 16.5 Å². The molecule has 15 nitrogen and oxygen atoms in total. The summed E-state index contributed by atoms with van der Waals surface area (Å²) in [6.45, 7) is 3.30. The molecule has 6 rings (SSSR count). The van der Waals surface area contributed by atoms with Crippen molar-refractivity contribution in [1.29, 1.82) is 10.5 Å². The van der Waals surface area contributed by atoms with Crippen LogP contribution < -0.4 is 27.0 Å². The fourth-order valence-electron chi connectivity index (χ4n) is 8.03. The van der Waals surface area contributed by atoms with Crippen molar-refractivity contribution >= 4 is 58.7 Å². The lowest BCUT2D eigenvalue weighted by molar-refractivity contribution is -0.136. The number of nitrogens with two attached hydrogens (primary N) is 2. The Labute approximate surface area is 334 Å². The van der Waals surface area contributed by atoms with Gasteiger partial charge in [0, 0.05) is 37.7 Å². The molecule has 57 heavy (non-hydrogen) atoms. The maximum Gasteiger partial charge on any atom is 0.264 e. The minimum absolute atomic E-state index is 0.00766. The normalized spacial score (nSPS) is 18.0. The first-order valence-corrected chi connectivity index (χ1v) is 19.9. The number of piperidine rings is 2. The van der Waals surface area contributed by atoms with Crippen LogP contribution in [-0.4, -0.2) is 71.0 Å². The number of benzene rings is 2. The van der Waals surface area contributed by atoms with Crippen LogP contribution in [0, 0.1) is 34.5 Å². The largest absolute Gasteiger partial charge is 0.384 e. The Morgan fingerprint density at radius 2 is 1.67 bits per heavy atom. The number of thioether (sulfide) groups is 1. The molecule has 3 aromatic rings. The first kappa shape index (κ1) is 40.4. The lowest BCUT2D eigenvalue weighted by Gasteiger charge is -2.36. The highest BCUT2D eigenvalue weighted by molar-refractivity contribution is 8.00. The summed E-state index contributed by atoms with van der Waals surface area (Å²) >= 11 is 1.09. The number of fused-ring (bicyclic) bond motifs is 1. The van der Waals surface area contributed by atoms with Crippen molar-refractivity contribution in [3.8, 4) is 12.1 Å². The Morgan fingerprint density at radius 1 is 0.947 bits per heavy atom. The van der Waals surface area contributed by atoms with Crippen LogP contribution in [0.15, 0.2) is 53.6 Å². The molecular formula is C41H43N9O6S. The molecule has 3 aliphatic heterocycles. The molecule has 0 saturated carbocycles. The van der Waals surface area contributed by atoms with E-state index in [1.807, 2.05) is 17.9 Å². The number of pyridine rings is 1. The summed E-state index contributed by atoms with van der Waals surface area (Å²) in [7, 11) is 0. The predicted octanol–water partition coefficient (Wildman–Crippen LogP) is 3.71. The molecule has 0 radical (unpaired) electrons. The van der Waals surface area contributed by atoms with Crippen LogP contribution in [0.5, 0.6) is 0 Å². The number of unbranched alkanes of at least 4 members (excludes halogenated alkanes) is 1. The number of primary amides is 2. The molecular weight excluding hydrogens is 747 g/mol. The standard InChI is InChI=1S/C41H43N9O6S/c1-2-25-28(21-42)37(48-39(29(25)22-43)57-34(36(45)53)24-9-4-3-5-10-24)49-19-16-23(17-20-49)26(35(44)52)11-6-7-18-46-30-13-8-12-27-33(30)41(56)50(40(27)55)31-14-15-32(51)47-38(31)54/h3-5,8-10,12-13,23,26,31,34,46H,2,6-7,11,14-20H2,1H3,(H2,44,52)(H2,45,53)(H,47,51,54). The Balaban J connectivity index is 1.08. The van der Waals surface area contributed by atoms with E-state index in [1.165, 1.54) is 0 Å². The number of anilines is 2. The van der Waals surface area contributed by atoms with Crippen molar-refractivity contribution in [3.05, 3.63) is 81.9 Å². The molecule has 3 atom stereocenters. The van der Waals surface area contributed by atoms with Gasteiger partial charge in [-0.15, -0.1) is 0 Å². The van der Waals surface area contributed by atoms with Crippen LogP contribution in [0.25, 0.3) is 0 Å². The molecule has 0 aliphatic carbocycles. The number of aromatic nitrogens is 1. The number of imide groups is 2. The van der Waals surface area contributed by atoms with Crippen LogP contribution in [0.2, 0.25) is 0 Å². The maximum absolute atomic E-state index is 13.4. The zero-order valence-electron chi connectivity index (χ0n) is 31.5. The number of nitrogens with one attached hydrogen (secondary N) is 2. The second-order valence-electron chi connectivity index (χ2n) is 14.3. The molecule has 0 bridgehead atoms. The number of carbonyl (C=O) groups is 6. The van der Waals surface area contributed by atoms with E-state index in [2.05, 4.69) is 22.8 Å². The fraction of sp³-hybridized carbons (Fsp3) is 0.390. The summed E-state index contributed by atoms with van der Waals surface area (Å²) < 4.78 is 0. The minimum Gasteiger partial charge on any atom is -0.384 e. The topological polar surface area (TPSA) is 245 Å². The third-order valence-electron chi connectivity index (χ3n) is 10.9. The van der Waals surface area contributed by atoms with E-state index in [0.29, 0.717) is 91.4 Å². The quantitative estimate of drug-likeness (QED) is 0.0978. The molecule has 16 heteroatoms. The SMILES string of the molecule is CCc1c(C#N)c(SC(C(N)=O)c2ccccc2)nc(N2CCC(C(CCCCNc3cccc4c3C(=O)N(C3CCC(=O)NC3=O)C4=O)C(N)=O)CC2)c1C#N. The zero-order chi connectivity index (χ0) is 40.8. The number of amides is 6. The van der Waals surface area contributed by atoms with Crippen molar-refractivity contribution in [3.63, 3.8) is 0 Å². The summed E-state index contributed by atoms with van der Waals surface area (Å²) in [6.07, 6.45) is 3.58. The van der Waals surface area contributed by atoms with Gasteiger partial charge in [-0.2, -0.15) is 10.5 Å². The predicted molar refractivity (Wildman–Crippen MR) is 210 cm³/mol. The van der Waals surface area contributed by atoms with Crippen molar-refractivity contribution in [2.75, 3.05) is 29.9 Å². The number of hydrogen-bond acceptors (Lipinski definition) is 12. The Hall–Kier alpha value is -6.26. The van der Waals surface area contributed by atoms with E-state index in [1.54, 1.807) is 42.5 Å². The van der Waals surface area contributed by atoms with E-state index in [0.717, 1.165) is 16.7 Å². The fourth-order valence-corrected chi connectivity index (χ4v) is 9.08. The van der Waals surface area contributed by atoms with Crippen LogP contribution in [0.4, 0.5) is 11.5 Å². The lowest BCUT2D eigenvalue weighted by Crippen LogP contribution is -2.54. The van der Waals surface area contributed by atoms with Gasteiger partial charge in [-0.3, -0.25) is 39.0 Å². The number of nitrogens with zero attached hydrogens (tertiary/aromatic N) is 5. The highest BCUT2D eigenvalue weighted by Crippen LogP contribution is 2.41. The Morgan fingerprint density at radius 3 is 2.30 bits per heavy atom. The third kappa shape index (κ3) is 8.32. The number of carbonyl (C=O) groups excluding carboxylic acids is 6. The highest BCUT2D eigenvalue weighted by Gasteiger charge is 2.45. The van der Waals surface area contributed by atoms with E-state index in [9.17, 15) is 39.3 Å². The van der Waals surface area contributed by atoms with Crippen LogP contribution >= 0.6 is 11.8 Å². The van der Waals surface area contributed by atoms with Gasteiger partial charge in [0.2, 0.25) is 23.6 Å². The van der Waals surface area contributed by atoms with Gasteiger partial charge in [-0.05, 0) is 67.7 Å². The van der Waals surface area contributed by atoms with E-state index in [-0.39, 0.29) is 41.4 Å². The molecule has 294 valence electrons. The van der Waals surface area contributed by atoms with Gasteiger partial charge >= 0.3 is 0 Å². The molecule has 0 spiro atoms. The minimum atomic E-state index is -1.06. The second-order valence-corrected chi connectivity index (χ2v) is 15.4. The average Bonchev–Trinajstić information content (AvgIpc) is 3.46. The summed E-state index contributed by atoms with van der Waals surface area (Å²) in [4.78, 5) is 83.8. The molecule has 2 aromatic carbocycles. The molecule has 2 saturated heterocycles. The van der Waals surface area contributed by atoms with Crippen molar-refractivity contribution < 1.29 is 28.8 Å². The van der Waals surface area contributed by atoms with Gasteiger partial charge in [0.05, 0.1) is 22.3 Å². The summed E-state index contributed by atoms with van der Waals surface area (Å²) in [5.74, 6) is -3.21. The first-order valence-electron chi connectivity index (χ1n) is 19.0.